The summed E-state index contributed by atoms with van der Waals surface area (Å²) in [4.78, 5) is 11.4. The summed E-state index contributed by atoms with van der Waals surface area (Å²) >= 11 is 12.1. The van der Waals surface area contributed by atoms with Gasteiger partial charge in [-0.3, -0.25) is 4.72 Å². The van der Waals surface area contributed by atoms with Gasteiger partial charge in [0, 0.05) is 10.5 Å². The molecular formula is C20H21BCl2FNO6S. The maximum atomic E-state index is 15.3. The second-order valence-electron chi connectivity index (χ2n) is 8.16. The zero-order valence-electron chi connectivity index (χ0n) is 18.0. The lowest BCUT2D eigenvalue weighted by Gasteiger charge is -2.32. The van der Waals surface area contributed by atoms with Gasteiger partial charge in [0.15, 0.2) is 0 Å². The Kier molecular flexibility index (Phi) is 6.58. The normalized spacial score (nSPS) is 17.3. The molecular weight excluding hydrogens is 483 g/mol. The zero-order valence-corrected chi connectivity index (χ0v) is 20.3. The fraction of sp³-hybridized carbons (Fsp3) is 0.350. The molecule has 0 saturated carbocycles. The summed E-state index contributed by atoms with van der Waals surface area (Å²) in [7, 11) is -4.36. The molecule has 1 N–H and O–H groups in total. The third kappa shape index (κ3) is 4.47. The predicted molar refractivity (Wildman–Crippen MR) is 121 cm³/mol. The van der Waals surface area contributed by atoms with Crippen LogP contribution in [0.2, 0.25) is 10.0 Å². The molecule has 12 heteroatoms. The number of carbonyl (C=O) groups is 1. The van der Waals surface area contributed by atoms with E-state index in [0.29, 0.717) is 0 Å². The molecule has 2 aromatic rings. The van der Waals surface area contributed by atoms with Crippen molar-refractivity contribution in [2.75, 3.05) is 11.8 Å². The topological polar surface area (TPSA) is 90.9 Å². The second kappa shape index (κ2) is 8.50. The molecule has 0 spiro atoms. The number of esters is 1. The fourth-order valence-electron chi connectivity index (χ4n) is 3.00. The molecule has 2 aromatic carbocycles. The monoisotopic (exact) mass is 503 g/mol. The number of benzene rings is 2. The SMILES string of the molecule is COC(=O)c1cc(Cl)cc(S(=O)(=O)Nc2cccc(B3OC(C)(C)C(C)(C)O3)c2F)c1Cl. The first-order valence-corrected chi connectivity index (χ1v) is 11.7. The summed E-state index contributed by atoms with van der Waals surface area (Å²) in [5.41, 5.74) is -1.99. The highest BCUT2D eigenvalue weighted by molar-refractivity contribution is 7.92. The lowest BCUT2D eigenvalue weighted by atomic mass is 9.78. The van der Waals surface area contributed by atoms with Crippen molar-refractivity contribution in [3.8, 4) is 0 Å². The highest BCUT2D eigenvalue weighted by Crippen LogP contribution is 2.37. The third-order valence-corrected chi connectivity index (χ3v) is 7.61. The molecule has 0 radical (unpaired) electrons. The van der Waals surface area contributed by atoms with Crippen molar-refractivity contribution in [1.82, 2.24) is 0 Å². The van der Waals surface area contributed by atoms with E-state index in [2.05, 4.69) is 9.46 Å². The van der Waals surface area contributed by atoms with E-state index in [1.807, 2.05) is 27.7 Å². The number of rotatable bonds is 5. The van der Waals surface area contributed by atoms with Crippen LogP contribution in [0.1, 0.15) is 38.1 Å². The van der Waals surface area contributed by atoms with Crippen LogP contribution in [0.5, 0.6) is 0 Å². The molecule has 0 amide bonds. The van der Waals surface area contributed by atoms with Crippen LogP contribution in [0.4, 0.5) is 10.1 Å². The van der Waals surface area contributed by atoms with Crippen molar-refractivity contribution in [1.29, 1.82) is 0 Å². The first-order chi connectivity index (χ1) is 14.7. The van der Waals surface area contributed by atoms with Crippen LogP contribution in [-0.4, -0.2) is 39.8 Å². The maximum absolute atomic E-state index is 15.3. The molecule has 0 atom stereocenters. The van der Waals surface area contributed by atoms with E-state index < -0.39 is 50.0 Å². The van der Waals surface area contributed by atoms with E-state index in [1.165, 1.54) is 24.3 Å². The van der Waals surface area contributed by atoms with Gasteiger partial charge in [-0.1, -0.05) is 35.3 Å². The molecule has 1 saturated heterocycles. The molecule has 1 aliphatic heterocycles. The minimum Gasteiger partial charge on any atom is -0.465 e. The smallest absolute Gasteiger partial charge is 0.465 e. The maximum Gasteiger partial charge on any atom is 0.497 e. The Labute approximate surface area is 196 Å². The van der Waals surface area contributed by atoms with Crippen LogP contribution in [0.3, 0.4) is 0 Å². The number of halogens is 3. The number of nitrogens with one attached hydrogen (secondary N) is 1. The van der Waals surface area contributed by atoms with Gasteiger partial charge in [0.05, 0.1) is 34.6 Å². The highest BCUT2D eigenvalue weighted by Gasteiger charge is 2.52. The summed E-state index contributed by atoms with van der Waals surface area (Å²) < 4.78 is 59.8. The number of carbonyl (C=O) groups excluding carboxylic acids is 1. The summed E-state index contributed by atoms with van der Waals surface area (Å²) in [6.45, 7) is 7.27. The molecule has 0 aromatic heterocycles. The van der Waals surface area contributed by atoms with E-state index >= 15 is 4.39 Å². The lowest BCUT2D eigenvalue weighted by Crippen LogP contribution is -2.41. The van der Waals surface area contributed by atoms with E-state index in [1.54, 1.807) is 0 Å². The molecule has 1 fully saturated rings. The van der Waals surface area contributed by atoms with Crippen molar-refractivity contribution in [3.05, 3.63) is 51.8 Å². The van der Waals surface area contributed by atoms with Crippen molar-refractivity contribution >= 4 is 57.5 Å². The van der Waals surface area contributed by atoms with Crippen LogP contribution in [0.15, 0.2) is 35.2 Å². The van der Waals surface area contributed by atoms with Gasteiger partial charge in [0.25, 0.3) is 10.0 Å². The first kappa shape index (κ1) is 24.8. The average Bonchev–Trinajstić information content (AvgIpc) is 2.91. The summed E-state index contributed by atoms with van der Waals surface area (Å²) in [6.07, 6.45) is 0. The van der Waals surface area contributed by atoms with Gasteiger partial charge in [0.2, 0.25) is 0 Å². The Morgan fingerprint density at radius 2 is 1.72 bits per heavy atom. The lowest BCUT2D eigenvalue weighted by molar-refractivity contribution is 0.00578. The molecule has 7 nitrogen and oxygen atoms in total. The second-order valence-corrected chi connectivity index (χ2v) is 10.6. The van der Waals surface area contributed by atoms with Gasteiger partial charge in [-0.15, -0.1) is 0 Å². The Bertz CT molecular complexity index is 1170. The highest BCUT2D eigenvalue weighted by atomic mass is 35.5. The third-order valence-electron chi connectivity index (χ3n) is 5.48. The predicted octanol–water partition coefficient (Wildman–Crippen LogP) is 4.02. The largest absolute Gasteiger partial charge is 0.497 e. The van der Waals surface area contributed by atoms with Gasteiger partial charge in [-0.25, -0.2) is 17.6 Å². The number of hydrogen-bond acceptors (Lipinski definition) is 6. The van der Waals surface area contributed by atoms with E-state index in [4.69, 9.17) is 32.5 Å². The molecule has 0 aliphatic carbocycles. The van der Waals surface area contributed by atoms with Gasteiger partial charge in [0.1, 0.15) is 10.7 Å². The molecule has 0 unspecified atom stereocenters. The van der Waals surface area contributed by atoms with Gasteiger partial charge in [-0.2, -0.15) is 0 Å². The number of ether oxygens (including phenoxy) is 1. The number of anilines is 1. The number of hydrogen-bond donors (Lipinski definition) is 1. The Morgan fingerprint density at radius 1 is 1.12 bits per heavy atom. The van der Waals surface area contributed by atoms with Crippen molar-refractivity contribution < 1.29 is 31.6 Å². The molecule has 1 heterocycles. The van der Waals surface area contributed by atoms with E-state index in [9.17, 15) is 13.2 Å². The van der Waals surface area contributed by atoms with E-state index in [-0.39, 0.29) is 21.7 Å². The standard InChI is InChI=1S/C20H21BCl2FNO6S/c1-19(2)20(3,4)31-21(30-19)13-7-6-8-14(17(13)24)25-32(27,28)15-10-11(22)9-12(16(15)23)18(26)29-5/h6-10,25H,1-5H3. The van der Waals surface area contributed by atoms with Crippen LogP contribution in [0.25, 0.3) is 0 Å². The molecule has 32 heavy (non-hydrogen) atoms. The minimum absolute atomic E-state index is 0.0243. The Balaban J connectivity index is 2.00. The molecule has 3 rings (SSSR count). The Hall–Kier alpha value is -1.85. The molecule has 172 valence electrons. The van der Waals surface area contributed by atoms with Crippen LogP contribution in [-0.2, 0) is 24.1 Å². The quantitative estimate of drug-likeness (QED) is 0.489. The van der Waals surface area contributed by atoms with Crippen LogP contribution in [0, 0.1) is 5.82 Å². The summed E-state index contributed by atoms with van der Waals surface area (Å²) in [5.74, 6) is -1.75. The Morgan fingerprint density at radius 3 is 2.28 bits per heavy atom. The number of methoxy groups -OCH3 is 1. The number of sulfonamides is 1. The minimum atomic E-state index is -4.44. The van der Waals surface area contributed by atoms with Crippen LogP contribution < -0.4 is 10.2 Å². The summed E-state index contributed by atoms with van der Waals surface area (Å²) in [6, 6.07) is 6.36. The first-order valence-electron chi connectivity index (χ1n) is 9.44. The molecule has 1 aliphatic rings. The van der Waals surface area contributed by atoms with Gasteiger partial charge in [-0.05, 0) is 45.9 Å². The van der Waals surface area contributed by atoms with Gasteiger partial charge < -0.3 is 14.0 Å². The average molecular weight is 504 g/mol. The zero-order chi connectivity index (χ0) is 24.1. The van der Waals surface area contributed by atoms with Crippen LogP contribution >= 0.6 is 23.2 Å². The van der Waals surface area contributed by atoms with Crippen molar-refractivity contribution in [3.63, 3.8) is 0 Å². The molecule has 0 bridgehead atoms. The fourth-order valence-corrected chi connectivity index (χ4v) is 4.96. The van der Waals surface area contributed by atoms with Crippen molar-refractivity contribution in [2.45, 2.75) is 43.8 Å². The van der Waals surface area contributed by atoms with E-state index in [0.717, 1.165) is 13.2 Å². The van der Waals surface area contributed by atoms with Crippen molar-refractivity contribution in [2.24, 2.45) is 0 Å². The summed E-state index contributed by atoms with van der Waals surface area (Å²) in [5, 5.41) is -0.474. The van der Waals surface area contributed by atoms with Gasteiger partial charge >= 0.3 is 13.1 Å².